The fourth-order valence-electron chi connectivity index (χ4n) is 0. The minimum Gasteiger partial charge on any atom is -0.542 e. The van der Waals surface area contributed by atoms with E-state index in [0.29, 0.717) is 0 Å². The Morgan fingerprint density at radius 3 is 1.09 bits per heavy atom. The number of rotatable bonds is 0. The highest BCUT2D eigenvalue weighted by atomic mass is 19.4. The van der Waals surface area contributed by atoms with Gasteiger partial charge in [-0.05, 0) is 0 Å². The van der Waals surface area contributed by atoms with Crippen LogP contribution >= 0.6 is 0 Å². The molecule has 0 aliphatic heterocycles. The molecule has 0 radical (unpaired) electrons. The van der Waals surface area contributed by atoms with E-state index < -0.39 is 12.1 Å². The number of hydrogen-bond acceptors (Lipinski definition) is 2. The molecule has 0 atom stereocenters. The molecule has 0 heterocycles. The average molecular weight is 185 g/mol. The number of halogens is 3. The summed E-state index contributed by atoms with van der Waals surface area (Å²) in [5, 5.41) is 8.78. The van der Waals surface area contributed by atoms with Crippen molar-refractivity contribution in [2.24, 2.45) is 0 Å². The summed E-state index contributed by atoms with van der Waals surface area (Å²) in [6.45, 7) is 0. The maximum absolute atomic E-state index is 10.5. The van der Waals surface area contributed by atoms with E-state index in [0.717, 1.165) is 0 Å². The van der Waals surface area contributed by atoms with Gasteiger partial charge in [-0.3, -0.25) is 0 Å². The van der Waals surface area contributed by atoms with Crippen LogP contribution in [0.2, 0.25) is 0 Å². The summed E-state index contributed by atoms with van der Waals surface area (Å²) >= 11 is 0. The fourth-order valence-corrected chi connectivity index (χ4v) is 0. The molecule has 0 amide bonds. The summed E-state index contributed by atoms with van der Waals surface area (Å²) in [7, 11) is 0. The highest BCUT2D eigenvalue weighted by Gasteiger charge is 2.28. The van der Waals surface area contributed by atoms with Gasteiger partial charge in [0.05, 0.1) is 0 Å². The van der Waals surface area contributed by atoms with Crippen LogP contribution in [0.3, 0.4) is 0 Å². The lowest BCUT2D eigenvalue weighted by Crippen LogP contribution is -2.37. The summed E-state index contributed by atoms with van der Waals surface area (Å²) in [6, 6.07) is 0. The Morgan fingerprint density at radius 1 is 1.00 bits per heavy atom. The molecule has 0 aromatic rings. The summed E-state index contributed by atoms with van der Waals surface area (Å²) < 4.78 is 31.5. The minimum absolute atomic E-state index is 0. The Labute approximate surface area is 58.5 Å². The normalized spacial score (nSPS) is 7.18. The maximum Gasteiger partial charge on any atom is 0.430 e. The Kier molecular flexibility index (Phi) is 26.6. The van der Waals surface area contributed by atoms with Crippen molar-refractivity contribution in [2.45, 2.75) is 6.18 Å². The summed E-state index contributed by atoms with van der Waals surface area (Å²) in [4.78, 5) is 8.78. The van der Waals surface area contributed by atoms with Gasteiger partial charge in [-0.2, -0.15) is 13.2 Å². The van der Waals surface area contributed by atoms with E-state index >= 15 is 0 Å². The zero-order valence-electron chi connectivity index (χ0n) is 4.95. The molecule has 11 heavy (non-hydrogen) atoms. The van der Waals surface area contributed by atoms with Crippen LogP contribution in [-0.2, 0) is 4.79 Å². The molecule has 0 rings (SSSR count). The zero-order valence-corrected chi connectivity index (χ0v) is 4.95. The number of carbonyl (C=O) groups is 1. The first-order valence-electron chi connectivity index (χ1n) is 1.23. The average Bonchev–Trinajstić information content (AvgIpc) is 1.31. The van der Waals surface area contributed by atoms with Crippen LogP contribution in [0.4, 0.5) is 13.2 Å². The van der Waals surface area contributed by atoms with Gasteiger partial charge in [0.1, 0.15) is 5.97 Å². The van der Waals surface area contributed by atoms with Gasteiger partial charge < -0.3 is 31.8 Å². The molecular formula is C2H8F3O6-. The quantitative estimate of drug-likeness (QED) is 0.375. The second kappa shape index (κ2) is 9.10. The van der Waals surface area contributed by atoms with Crippen molar-refractivity contribution >= 4 is 5.97 Å². The van der Waals surface area contributed by atoms with Crippen LogP contribution in [0, 0.1) is 0 Å². The molecule has 0 aliphatic carbocycles. The molecule has 0 bridgehead atoms. The largest absolute Gasteiger partial charge is 0.542 e. The second-order valence-corrected chi connectivity index (χ2v) is 0.785. The molecule has 0 unspecified atom stereocenters. The molecule has 9 heteroatoms. The van der Waals surface area contributed by atoms with E-state index in [1.807, 2.05) is 0 Å². The third kappa shape index (κ3) is 17.6. The van der Waals surface area contributed by atoms with E-state index in [-0.39, 0.29) is 21.9 Å². The first-order chi connectivity index (χ1) is 2.94. The molecule has 74 valence electrons. The highest BCUT2D eigenvalue weighted by molar-refractivity contribution is 5.70. The van der Waals surface area contributed by atoms with E-state index in [1.54, 1.807) is 0 Å². The summed E-state index contributed by atoms with van der Waals surface area (Å²) in [5.74, 6) is -3.01. The molecule has 0 aromatic heterocycles. The predicted octanol–water partition coefficient (Wildman–Crippen LogP) is -4.00. The molecule has 0 fully saturated rings. The van der Waals surface area contributed by atoms with Crippen molar-refractivity contribution in [3.05, 3.63) is 0 Å². The van der Waals surface area contributed by atoms with Crippen molar-refractivity contribution in [3.63, 3.8) is 0 Å². The number of alkyl halides is 3. The lowest BCUT2D eigenvalue weighted by atomic mass is 10.7. The Bertz CT molecular complexity index is 88.3. The summed E-state index contributed by atoms with van der Waals surface area (Å²) in [6.07, 6.45) is -5.19. The van der Waals surface area contributed by atoms with Crippen molar-refractivity contribution in [1.82, 2.24) is 0 Å². The SMILES string of the molecule is O.O.O.O.O=C([O-])C(F)(F)F. The smallest absolute Gasteiger partial charge is 0.430 e. The van der Waals surface area contributed by atoms with Gasteiger partial charge in [0, 0.05) is 0 Å². The van der Waals surface area contributed by atoms with E-state index in [2.05, 4.69) is 0 Å². The maximum atomic E-state index is 10.5. The molecule has 6 nitrogen and oxygen atoms in total. The van der Waals surface area contributed by atoms with Crippen molar-refractivity contribution in [1.29, 1.82) is 0 Å². The van der Waals surface area contributed by atoms with Gasteiger partial charge in [0.2, 0.25) is 0 Å². The molecule has 8 N–H and O–H groups in total. The fraction of sp³-hybridized carbons (Fsp3) is 0.500. The number of carboxylic acids is 1. The standard InChI is InChI=1S/C2HF3O2.4H2O/c3-2(4,5)1(6)7;;;;/h(H,6,7);4*1H2/p-1. The van der Waals surface area contributed by atoms with Gasteiger partial charge in [-0.15, -0.1) is 0 Å². The predicted molar refractivity (Wildman–Crippen MR) is 25.5 cm³/mol. The molecule has 0 aliphatic rings. The molecule has 0 saturated heterocycles. The van der Waals surface area contributed by atoms with Crippen LogP contribution in [-0.4, -0.2) is 34.1 Å². The van der Waals surface area contributed by atoms with Gasteiger partial charge >= 0.3 is 6.18 Å². The first kappa shape index (κ1) is 32.2. The lowest BCUT2D eigenvalue weighted by molar-refractivity contribution is -0.344. The highest BCUT2D eigenvalue weighted by Crippen LogP contribution is 2.11. The van der Waals surface area contributed by atoms with Crippen LogP contribution in [0.1, 0.15) is 0 Å². The minimum atomic E-state index is -5.19. The van der Waals surface area contributed by atoms with E-state index in [9.17, 15) is 13.2 Å². The second-order valence-electron chi connectivity index (χ2n) is 0.785. The van der Waals surface area contributed by atoms with Gasteiger partial charge in [0.15, 0.2) is 0 Å². The summed E-state index contributed by atoms with van der Waals surface area (Å²) in [5.41, 5.74) is 0. The van der Waals surface area contributed by atoms with Crippen molar-refractivity contribution in [2.75, 3.05) is 0 Å². The number of carbonyl (C=O) groups excluding carboxylic acids is 1. The van der Waals surface area contributed by atoms with Crippen molar-refractivity contribution < 1.29 is 45.0 Å². The lowest BCUT2D eigenvalue weighted by Gasteiger charge is -2.03. The number of aliphatic carboxylic acids is 1. The Balaban J connectivity index is -0.0000000300. The number of hydrogen-bond donors (Lipinski definition) is 0. The van der Waals surface area contributed by atoms with E-state index in [1.165, 1.54) is 0 Å². The van der Waals surface area contributed by atoms with Crippen LogP contribution in [0.15, 0.2) is 0 Å². The van der Waals surface area contributed by atoms with Crippen LogP contribution < -0.4 is 5.11 Å². The van der Waals surface area contributed by atoms with Gasteiger partial charge in [0.25, 0.3) is 0 Å². The zero-order chi connectivity index (χ0) is 6.08. The van der Waals surface area contributed by atoms with Gasteiger partial charge in [-0.1, -0.05) is 0 Å². The third-order valence-electron chi connectivity index (χ3n) is 0.231. The third-order valence-corrected chi connectivity index (χ3v) is 0.231. The van der Waals surface area contributed by atoms with Crippen LogP contribution in [0.25, 0.3) is 0 Å². The molecule has 0 aromatic carbocycles. The van der Waals surface area contributed by atoms with Crippen molar-refractivity contribution in [3.8, 4) is 0 Å². The van der Waals surface area contributed by atoms with E-state index in [4.69, 9.17) is 9.90 Å². The molecule has 0 spiro atoms. The first-order valence-corrected chi connectivity index (χ1v) is 1.23. The van der Waals surface area contributed by atoms with Gasteiger partial charge in [-0.25, -0.2) is 0 Å². The Morgan fingerprint density at radius 2 is 1.09 bits per heavy atom. The number of carboxylic acid groups (broad SMARTS) is 1. The topological polar surface area (TPSA) is 166 Å². The Hall–Kier alpha value is -0.900. The molecular weight excluding hydrogens is 177 g/mol. The van der Waals surface area contributed by atoms with Crippen LogP contribution in [0.5, 0.6) is 0 Å². The monoisotopic (exact) mass is 185 g/mol. The molecule has 0 saturated carbocycles.